The number of nitrogens with one attached hydrogen (secondary N) is 1. The second kappa shape index (κ2) is 4.40. The third-order valence-electron chi connectivity index (χ3n) is 1.59. The minimum atomic E-state index is -1.07. The molecule has 0 aliphatic heterocycles. The first kappa shape index (κ1) is 10.2. The molecule has 6 heteroatoms. The molecule has 1 heterocycles. The lowest BCUT2D eigenvalue weighted by atomic mass is 10.1. The molecule has 0 aliphatic carbocycles. The molecule has 72 valence electrons. The fourth-order valence-corrected chi connectivity index (χ4v) is 1.04. The molecule has 0 saturated heterocycles. The average Bonchev–Trinajstić information content (AvgIpc) is 2.17. The fourth-order valence-electron chi connectivity index (χ4n) is 0.837. The van der Waals surface area contributed by atoms with Gasteiger partial charge < -0.3 is 15.2 Å². The van der Waals surface area contributed by atoms with Crippen LogP contribution in [0.4, 0.5) is 0 Å². The molecule has 1 aromatic rings. The molecule has 2 atom stereocenters. The van der Waals surface area contributed by atoms with Crippen LogP contribution < -0.4 is 5.69 Å². The van der Waals surface area contributed by atoms with Crippen molar-refractivity contribution < 1.29 is 10.2 Å². The van der Waals surface area contributed by atoms with Crippen molar-refractivity contribution in [2.45, 2.75) is 12.2 Å². The number of hydrogen-bond donors (Lipinski definition) is 4. The van der Waals surface area contributed by atoms with E-state index in [1.807, 2.05) is 0 Å². The minimum Gasteiger partial charge on any atom is -0.389 e. The first-order chi connectivity index (χ1) is 6.15. The monoisotopic (exact) mass is 202 g/mol. The Hall–Kier alpha value is -0.850. The van der Waals surface area contributed by atoms with Crippen molar-refractivity contribution in [3.8, 4) is 0 Å². The molecule has 3 N–H and O–H groups in total. The number of thiol groups is 1. The highest BCUT2D eigenvalue weighted by Gasteiger charge is 2.16. The van der Waals surface area contributed by atoms with E-state index in [-0.39, 0.29) is 5.75 Å². The van der Waals surface area contributed by atoms with Gasteiger partial charge in [-0.25, -0.2) is 9.78 Å². The Bertz CT molecular complexity index is 307. The predicted molar refractivity (Wildman–Crippen MR) is 49.7 cm³/mol. The van der Waals surface area contributed by atoms with Gasteiger partial charge in [0, 0.05) is 23.7 Å². The zero-order valence-electron chi connectivity index (χ0n) is 6.71. The maximum absolute atomic E-state index is 10.6. The quantitative estimate of drug-likeness (QED) is 0.478. The second-order valence-corrected chi connectivity index (χ2v) is 2.91. The van der Waals surface area contributed by atoms with Gasteiger partial charge in [-0.3, -0.25) is 0 Å². The molecule has 1 aromatic heterocycles. The van der Waals surface area contributed by atoms with Crippen molar-refractivity contribution >= 4 is 12.6 Å². The fraction of sp³-hybridized carbons (Fsp3) is 0.429. The molecule has 2 unspecified atom stereocenters. The number of aromatic nitrogens is 2. The Balaban J connectivity index is 2.83. The number of rotatable bonds is 3. The van der Waals surface area contributed by atoms with Gasteiger partial charge in [-0.2, -0.15) is 12.6 Å². The van der Waals surface area contributed by atoms with E-state index in [1.165, 1.54) is 12.4 Å². The second-order valence-electron chi connectivity index (χ2n) is 2.55. The molecule has 0 saturated carbocycles. The summed E-state index contributed by atoms with van der Waals surface area (Å²) in [5.41, 5.74) is -0.127. The molecule has 13 heavy (non-hydrogen) atoms. The third-order valence-corrected chi connectivity index (χ3v) is 1.96. The van der Waals surface area contributed by atoms with Crippen molar-refractivity contribution in [3.63, 3.8) is 0 Å². The zero-order chi connectivity index (χ0) is 9.84. The van der Waals surface area contributed by atoms with E-state index in [0.29, 0.717) is 5.56 Å². The van der Waals surface area contributed by atoms with E-state index < -0.39 is 17.9 Å². The van der Waals surface area contributed by atoms with Crippen molar-refractivity contribution in [2.24, 2.45) is 0 Å². The molecule has 0 aromatic carbocycles. The van der Waals surface area contributed by atoms with Gasteiger partial charge >= 0.3 is 5.69 Å². The summed E-state index contributed by atoms with van der Waals surface area (Å²) >= 11 is 3.82. The van der Waals surface area contributed by atoms with E-state index in [2.05, 4.69) is 22.6 Å². The highest BCUT2D eigenvalue weighted by atomic mass is 32.1. The summed E-state index contributed by atoms with van der Waals surface area (Å²) in [5, 5.41) is 18.6. The standard InChI is InChI=1S/C7H10N2O3S/c10-5(3-13)6(11)4-1-8-7(12)9-2-4/h1-2,5-6,10-11,13H,3H2,(H,8,9,12). The van der Waals surface area contributed by atoms with Crippen molar-refractivity contribution in [1.82, 2.24) is 9.97 Å². The van der Waals surface area contributed by atoms with Gasteiger partial charge in [-0.15, -0.1) is 0 Å². The molecule has 0 bridgehead atoms. The van der Waals surface area contributed by atoms with Gasteiger partial charge in [-0.05, 0) is 0 Å². The molecular weight excluding hydrogens is 192 g/mol. The Morgan fingerprint density at radius 3 is 2.77 bits per heavy atom. The van der Waals surface area contributed by atoms with Crippen LogP contribution in [-0.4, -0.2) is 32.0 Å². The van der Waals surface area contributed by atoms with Crippen molar-refractivity contribution in [2.75, 3.05) is 5.75 Å². The molecule has 0 aliphatic rings. The Morgan fingerprint density at radius 1 is 1.62 bits per heavy atom. The molecule has 0 radical (unpaired) electrons. The van der Waals surface area contributed by atoms with Crippen LogP contribution in [0.3, 0.4) is 0 Å². The first-order valence-electron chi connectivity index (χ1n) is 3.66. The zero-order valence-corrected chi connectivity index (χ0v) is 7.61. The maximum atomic E-state index is 10.6. The molecule has 0 spiro atoms. The predicted octanol–water partition coefficient (Wildman–Crippen LogP) is -0.906. The number of aromatic amines is 1. The molecule has 0 fully saturated rings. The first-order valence-corrected chi connectivity index (χ1v) is 4.30. The SMILES string of the molecule is O=c1ncc(C(O)C(O)CS)c[nH]1. The minimum absolute atomic E-state index is 0.139. The number of aliphatic hydroxyl groups is 2. The normalized spacial score (nSPS) is 15.3. The van der Waals surface area contributed by atoms with Gasteiger partial charge in [-0.1, -0.05) is 0 Å². The van der Waals surface area contributed by atoms with Gasteiger partial charge in [0.2, 0.25) is 0 Å². The topological polar surface area (TPSA) is 86.2 Å². The van der Waals surface area contributed by atoms with Gasteiger partial charge in [0.05, 0.1) is 6.10 Å². The van der Waals surface area contributed by atoms with Crippen LogP contribution in [-0.2, 0) is 0 Å². The van der Waals surface area contributed by atoms with Crippen LogP contribution in [0.1, 0.15) is 11.7 Å². The Labute approximate surface area is 79.9 Å². The highest BCUT2D eigenvalue weighted by Crippen LogP contribution is 2.14. The summed E-state index contributed by atoms with van der Waals surface area (Å²) in [6.07, 6.45) is 0.501. The Morgan fingerprint density at radius 2 is 2.31 bits per heavy atom. The number of aliphatic hydroxyl groups excluding tert-OH is 2. The molecule has 5 nitrogen and oxygen atoms in total. The average molecular weight is 202 g/mol. The van der Waals surface area contributed by atoms with E-state index in [0.717, 1.165) is 0 Å². The summed E-state index contributed by atoms with van der Waals surface area (Å²) in [6.45, 7) is 0. The summed E-state index contributed by atoms with van der Waals surface area (Å²) in [5.74, 6) is 0.139. The van der Waals surface area contributed by atoms with Crippen LogP contribution in [0.5, 0.6) is 0 Å². The van der Waals surface area contributed by atoms with Crippen LogP contribution in [0.2, 0.25) is 0 Å². The van der Waals surface area contributed by atoms with Gasteiger partial charge in [0.1, 0.15) is 6.10 Å². The lowest BCUT2D eigenvalue weighted by Crippen LogP contribution is -2.21. The van der Waals surface area contributed by atoms with E-state index in [1.54, 1.807) is 0 Å². The lowest BCUT2D eigenvalue weighted by Gasteiger charge is -2.14. The van der Waals surface area contributed by atoms with E-state index >= 15 is 0 Å². The highest BCUT2D eigenvalue weighted by molar-refractivity contribution is 7.80. The Kier molecular flexibility index (Phi) is 3.47. The summed E-state index contributed by atoms with van der Waals surface area (Å²) in [4.78, 5) is 16.3. The van der Waals surface area contributed by atoms with Crippen LogP contribution >= 0.6 is 12.6 Å². The molecule has 1 rings (SSSR count). The third kappa shape index (κ3) is 2.55. The van der Waals surface area contributed by atoms with Gasteiger partial charge in [0.25, 0.3) is 0 Å². The van der Waals surface area contributed by atoms with Crippen LogP contribution in [0.15, 0.2) is 17.2 Å². The smallest absolute Gasteiger partial charge is 0.344 e. The van der Waals surface area contributed by atoms with Crippen LogP contribution in [0.25, 0.3) is 0 Å². The maximum Gasteiger partial charge on any atom is 0.344 e. The summed E-state index contributed by atoms with van der Waals surface area (Å²) in [7, 11) is 0. The lowest BCUT2D eigenvalue weighted by molar-refractivity contribution is 0.0333. The largest absolute Gasteiger partial charge is 0.389 e. The molecular formula is C7H10N2O3S. The van der Waals surface area contributed by atoms with E-state index in [9.17, 15) is 15.0 Å². The van der Waals surface area contributed by atoms with Gasteiger partial charge in [0.15, 0.2) is 0 Å². The summed E-state index contributed by atoms with van der Waals surface area (Å²) in [6, 6.07) is 0. The van der Waals surface area contributed by atoms with E-state index in [4.69, 9.17) is 0 Å². The molecule has 0 amide bonds. The van der Waals surface area contributed by atoms with Crippen molar-refractivity contribution in [3.05, 3.63) is 28.4 Å². The number of hydrogen-bond acceptors (Lipinski definition) is 5. The summed E-state index contributed by atoms with van der Waals surface area (Å²) < 4.78 is 0. The van der Waals surface area contributed by atoms with Crippen LogP contribution in [0, 0.1) is 0 Å². The number of H-pyrrole nitrogens is 1. The number of nitrogens with zero attached hydrogens (tertiary/aromatic N) is 1. The van der Waals surface area contributed by atoms with Crippen molar-refractivity contribution in [1.29, 1.82) is 0 Å².